The topological polar surface area (TPSA) is 108 Å². The quantitative estimate of drug-likeness (QED) is 0.610. The van der Waals surface area contributed by atoms with Crippen molar-refractivity contribution in [3.63, 3.8) is 0 Å². The second-order valence-electron chi connectivity index (χ2n) is 3.86. The minimum Gasteiger partial charge on any atom is -0.358 e. The van der Waals surface area contributed by atoms with Crippen LogP contribution in [0.3, 0.4) is 0 Å². The number of aromatic nitrogens is 3. The molecular formula is C10H10N4O4S. The third-order valence-corrected chi connectivity index (χ3v) is 4.19. The largest absolute Gasteiger partial charge is 0.401 e. The van der Waals surface area contributed by atoms with E-state index >= 15 is 0 Å². The molecule has 0 saturated heterocycles. The van der Waals surface area contributed by atoms with Gasteiger partial charge in [0.2, 0.25) is 21.2 Å². The Balaban J connectivity index is 2.70. The molecule has 0 aliphatic carbocycles. The number of hydrogen-bond donors (Lipinski definition) is 0. The zero-order chi connectivity index (χ0) is 14.2. The van der Waals surface area contributed by atoms with E-state index in [2.05, 4.69) is 9.97 Å². The highest BCUT2D eigenvalue weighted by Gasteiger charge is 2.34. The van der Waals surface area contributed by atoms with Gasteiger partial charge in [0.1, 0.15) is 0 Å². The normalized spacial score (nSPS) is 11.5. The number of nitrogens with zero attached hydrogens (tertiary/aromatic N) is 4. The van der Waals surface area contributed by atoms with Crippen molar-refractivity contribution in [2.24, 2.45) is 7.05 Å². The molecule has 2 rings (SSSR count). The van der Waals surface area contributed by atoms with Crippen LogP contribution in [-0.4, -0.2) is 27.9 Å². The molecule has 0 fully saturated rings. The molecule has 0 aliphatic heterocycles. The van der Waals surface area contributed by atoms with Crippen molar-refractivity contribution in [2.75, 3.05) is 0 Å². The predicted molar refractivity (Wildman–Crippen MR) is 64.3 cm³/mol. The van der Waals surface area contributed by atoms with Crippen LogP contribution in [0.5, 0.6) is 0 Å². The number of rotatable bonds is 3. The summed E-state index contributed by atoms with van der Waals surface area (Å²) in [4.78, 5) is 17.4. The van der Waals surface area contributed by atoms with Crippen molar-refractivity contribution >= 4 is 15.7 Å². The predicted octanol–water partition coefficient (Wildman–Crippen LogP) is 0.865. The molecule has 0 unspecified atom stereocenters. The molecule has 9 heteroatoms. The molecule has 19 heavy (non-hydrogen) atoms. The molecule has 0 spiro atoms. The van der Waals surface area contributed by atoms with Crippen LogP contribution in [-0.2, 0) is 16.9 Å². The number of sulfone groups is 1. The fourth-order valence-electron chi connectivity index (χ4n) is 1.61. The lowest BCUT2D eigenvalue weighted by Crippen LogP contribution is -2.11. The van der Waals surface area contributed by atoms with Gasteiger partial charge in [0, 0.05) is 12.7 Å². The maximum absolute atomic E-state index is 12.4. The van der Waals surface area contributed by atoms with E-state index in [4.69, 9.17) is 0 Å². The maximum Gasteiger partial charge on any atom is 0.401 e. The van der Waals surface area contributed by atoms with Gasteiger partial charge in [0.25, 0.3) is 0 Å². The first-order chi connectivity index (χ1) is 8.84. The standard InChI is InChI=1S/C10H10N4O4S/c1-7-4-3-5-8(12-7)19(17,18)10-9(14(15)16)11-6-13(10)2/h3-6H,1-2H3. The third-order valence-electron chi connectivity index (χ3n) is 2.43. The molecule has 0 radical (unpaired) electrons. The SMILES string of the molecule is Cc1cccc(S(=O)(=O)c2c([N+](=O)[O-])ncn2C)n1. The van der Waals surface area contributed by atoms with Gasteiger partial charge in [-0.15, -0.1) is 0 Å². The molecule has 2 heterocycles. The Morgan fingerprint density at radius 3 is 2.63 bits per heavy atom. The minimum atomic E-state index is -4.08. The average molecular weight is 282 g/mol. The summed E-state index contributed by atoms with van der Waals surface area (Å²) in [6.07, 6.45) is 1.08. The lowest BCUT2D eigenvalue weighted by Gasteiger charge is -2.04. The number of aryl methyl sites for hydroxylation is 2. The number of imidazole rings is 1. The van der Waals surface area contributed by atoms with Crippen LogP contribution in [0.1, 0.15) is 5.69 Å². The zero-order valence-electron chi connectivity index (χ0n) is 10.1. The minimum absolute atomic E-state index is 0.237. The Kier molecular flexibility index (Phi) is 3.06. The third kappa shape index (κ3) is 2.19. The first-order valence-electron chi connectivity index (χ1n) is 5.18. The second kappa shape index (κ2) is 4.43. The highest BCUT2D eigenvalue weighted by atomic mass is 32.2. The van der Waals surface area contributed by atoms with Gasteiger partial charge in [-0.1, -0.05) is 6.07 Å². The smallest absolute Gasteiger partial charge is 0.358 e. The first-order valence-corrected chi connectivity index (χ1v) is 6.67. The van der Waals surface area contributed by atoms with Crippen LogP contribution in [0.15, 0.2) is 34.6 Å². The summed E-state index contributed by atoms with van der Waals surface area (Å²) >= 11 is 0. The Morgan fingerprint density at radius 1 is 1.37 bits per heavy atom. The Bertz CT molecular complexity index is 751. The molecule has 0 bridgehead atoms. The van der Waals surface area contributed by atoms with E-state index in [1.165, 1.54) is 19.2 Å². The Morgan fingerprint density at radius 2 is 2.05 bits per heavy atom. The first kappa shape index (κ1) is 13.1. The van der Waals surface area contributed by atoms with E-state index in [1.807, 2.05) is 0 Å². The molecule has 8 nitrogen and oxygen atoms in total. The number of hydrogen-bond acceptors (Lipinski definition) is 6. The van der Waals surface area contributed by atoms with Gasteiger partial charge >= 0.3 is 5.82 Å². The highest BCUT2D eigenvalue weighted by Crippen LogP contribution is 2.26. The average Bonchev–Trinajstić information content (AvgIpc) is 2.72. The second-order valence-corrected chi connectivity index (χ2v) is 5.67. The Labute approximate surface area is 108 Å². The van der Waals surface area contributed by atoms with Gasteiger partial charge in [-0.2, -0.15) is 0 Å². The Hall–Kier alpha value is -2.29. The van der Waals surface area contributed by atoms with Gasteiger partial charge in [-0.3, -0.25) is 4.57 Å². The summed E-state index contributed by atoms with van der Waals surface area (Å²) in [5.74, 6) is -0.703. The van der Waals surface area contributed by atoms with E-state index < -0.39 is 25.6 Å². The van der Waals surface area contributed by atoms with Crippen molar-refractivity contribution < 1.29 is 13.3 Å². The van der Waals surface area contributed by atoms with Gasteiger partial charge in [0.05, 0.1) is 0 Å². The molecule has 0 amide bonds. The van der Waals surface area contributed by atoms with E-state index in [-0.39, 0.29) is 5.03 Å². The van der Waals surface area contributed by atoms with E-state index in [0.717, 1.165) is 10.9 Å². The van der Waals surface area contributed by atoms with E-state index in [9.17, 15) is 18.5 Å². The lowest BCUT2D eigenvalue weighted by atomic mass is 10.4. The molecule has 0 aliphatic rings. The molecule has 2 aromatic heterocycles. The van der Waals surface area contributed by atoms with Crippen molar-refractivity contribution in [1.29, 1.82) is 0 Å². The van der Waals surface area contributed by atoms with Crippen molar-refractivity contribution in [3.8, 4) is 0 Å². The fraction of sp³-hybridized carbons (Fsp3) is 0.200. The molecule has 0 aromatic carbocycles. The van der Waals surface area contributed by atoms with Crippen molar-refractivity contribution in [2.45, 2.75) is 17.0 Å². The van der Waals surface area contributed by atoms with Crippen LogP contribution in [0.4, 0.5) is 5.82 Å². The van der Waals surface area contributed by atoms with Gasteiger partial charge in [-0.05, 0) is 29.0 Å². The van der Waals surface area contributed by atoms with Crippen LogP contribution >= 0.6 is 0 Å². The summed E-state index contributed by atoms with van der Waals surface area (Å²) < 4.78 is 25.8. The lowest BCUT2D eigenvalue weighted by molar-refractivity contribution is -0.392. The van der Waals surface area contributed by atoms with E-state index in [1.54, 1.807) is 13.0 Å². The van der Waals surface area contributed by atoms with Crippen LogP contribution < -0.4 is 0 Å². The van der Waals surface area contributed by atoms with Gasteiger partial charge in [0.15, 0.2) is 5.03 Å². The van der Waals surface area contributed by atoms with Crippen LogP contribution in [0.2, 0.25) is 0 Å². The summed E-state index contributed by atoms with van der Waals surface area (Å²) in [5, 5.41) is 10.1. The molecular weight excluding hydrogens is 272 g/mol. The fourth-order valence-corrected chi connectivity index (χ4v) is 3.12. The van der Waals surface area contributed by atoms with Gasteiger partial charge in [-0.25, -0.2) is 13.4 Å². The summed E-state index contributed by atoms with van der Waals surface area (Å²) in [5.41, 5.74) is 0.505. The summed E-state index contributed by atoms with van der Waals surface area (Å²) in [6, 6.07) is 4.45. The molecule has 0 atom stereocenters. The van der Waals surface area contributed by atoms with Crippen LogP contribution in [0, 0.1) is 17.0 Å². The highest BCUT2D eigenvalue weighted by molar-refractivity contribution is 7.91. The maximum atomic E-state index is 12.4. The summed E-state index contributed by atoms with van der Waals surface area (Å²) in [7, 11) is -2.70. The molecule has 0 N–H and O–H groups in total. The summed E-state index contributed by atoms with van der Waals surface area (Å²) in [6.45, 7) is 1.64. The van der Waals surface area contributed by atoms with Gasteiger partial charge < -0.3 is 10.1 Å². The monoisotopic (exact) mass is 282 g/mol. The van der Waals surface area contributed by atoms with Crippen molar-refractivity contribution in [3.05, 3.63) is 40.3 Å². The van der Waals surface area contributed by atoms with Crippen molar-refractivity contribution in [1.82, 2.24) is 14.5 Å². The zero-order valence-corrected chi connectivity index (χ0v) is 11.0. The molecule has 2 aromatic rings. The van der Waals surface area contributed by atoms with E-state index in [0.29, 0.717) is 5.69 Å². The van der Waals surface area contributed by atoms with Crippen LogP contribution in [0.25, 0.3) is 0 Å². The number of nitro groups is 1. The molecule has 100 valence electrons. The molecule has 0 saturated carbocycles. The number of pyridine rings is 1.